The minimum Gasteiger partial charge on any atom is -0.0840 e. The summed E-state index contributed by atoms with van der Waals surface area (Å²) in [5.74, 6) is 0.645. The summed E-state index contributed by atoms with van der Waals surface area (Å²) in [4.78, 5) is 0. The van der Waals surface area contributed by atoms with E-state index >= 15 is 0 Å². The molecule has 0 aliphatic carbocycles. The Hall–Kier alpha value is -0.490. The molecule has 1 radical (unpaired) electrons. The van der Waals surface area contributed by atoms with Gasteiger partial charge in [-0.05, 0) is 30.0 Å². The highest BCUT2D eigenvalue weighted by molar-refractivity contribution is 6.31. The van der Waals surface area contributed by atoms with Gasteiger partial charge in [-0.3, -0.25) is 0 Å². The van der Waals surface area contributed by atoms with E-state index < -0.39 is 0 Å². The van der Waals surface area contributed by atoms with Crippen LogP contribution in [-0.4, -0.2) is 0 Å². The topological polar surface area (TPSA) is 0 Å². The molecule has 1 heteroatoms. The van der Waals surface area contributed by atoms with Crippen molar-refractivity contribution in [1.29, 1.82) is 0 Å². The first kappa shape index (κ1) is 8.61. The number of halogens is 1. The van der Waals surface area contributed by atoms with Crippen LogP contribution in [-0.2, 0) is 6.42 Å². The minimum absolute atomic E-state index is 0.645. The normalized spacial score (nSPS) is 10.5. The van der Waals surface area contributed by atoms with Crippen LogP contribution in [0.1, 0.15) is 19.4 Å². The number of benzene rings is 1. The van der Waals surface area contributed by atoms with Crippen LogP contribution in [0.25, 0.3) is 0 Å². The highest BCUT2D eigenvalue weighted by Gasteiger charge is 2.00. The Kier molecular flexibility index (Phi) is 2.95. The van der Waals surface area contributed by atoms with Crippen molar-refractivity contribution in [1.82, 2.24) is 0 Å². The van der Waals surface area contributed by atoms with Crippen molar-refractivity contribution in [3.63, 3.8) is 0 Å². The summed E-state index contributed by atoms with van der Waals surface area (Å²) < 4.78 is 0. The van der Waals surface area contributed by atoms with Crippen LogP contribution < -0.4 is 0 Å². The Balaban J connectivity index is 2.78. The van der Waals surface area contributed by atoms with E-state index in [1.165, 1.54) is 0 Å². The van der Waals surface area contributed by atoms with E-state index in [1.807, 2.05) is 18.2 Å². The molecule has 0 amide bonds. The molecule has 0 aromatic heterocycles. The zero-order valence-electron chi connectivity index (χ0n) is 6.89. The number of hydrogen-bond donors (Lipinski definition) is 0. The average Bonchev–Trinajstić information content (AvgIpc) is 1.93. The second kappa shape index (κ2) is 3.77. The quantitative estimate of drug-likeness (QED) is 0.634. The molecule has 1 aromatic rings. The van der Waals surface area contributed by atoms with Crippen molar-refractivity contribution < 1.29 is 0 Å². The zero-order valence-corrected chi connectivity index (χ0v) is 7.65. The van der Waals surface area contributed by atoms with Gasteiger partial charge in [-0.15, -0.1) is 0 Å². The summed E-state index contributed by atoms with van der Waals surface area (Å²) in [5, 5.41) is 0.834. The summed E-state index contributed by atoms with van der Waals surface area (Å²) in [6.07, 6.45) is 1.01. The fourth-order valence-corrected chi connectivity index (χ4v) is 1.22. The molecule has 0 saturated heterocycles. The lowest BCUT2D eigenvalue weighted by Crippen LogP contribution is -1.94. The minimum atomic E-state index is 0.645. The van der Waals surface area contributed by atoms with Crippen molar-refractivity contribution in [3.05, 3.63) is 34.9 Å². The molecule has 0 aliphatic heterocycles. The summed E-state index contributed by atoms with van der Waals surface area (Å²) in [6, 6.07) is 8.86. The van der Waals surface area contributed by atoms with E-state index in [0.717, 1.165) is 17.0 Å². The molecule has 0 nitrogen and oxygen atoms in total. The van der Waals surface area contributed by atoms with Crippen LogP contribution >= 0.6 is 11.6 Å². The van der Waals surface area contributed by atoms with Gasteiger partial charge in [0, 0.05) is 5.02 Å². The van der Waals surface area contributed by atoms with Crippen LogP contribution in [0.5, 0.6) is 0 Å². The smallest absolute Gasteiger partial charge is 0.0444 e. The van der Waals surface area contributed by atoms with Crippen molar-refractivity contribution in [2.45, 2.75) is 20.3 Å². The summed E-state index contributed by atoms with van der Waals surface area (Å²) in [5.41, 5.74) is 1.13. The Bertz CT molecular complexity index is 228. The first-order valence-electron chi connectivity index (χ1n) is 3.85. The van der Waals surface area contributed by atoms with Crippen LogP contribution in [0, 0.1) is 12.0 Å². The second-order valence-electron chi connectivity index (χ2n) is 3.09. The Labute approximate surface area is 73.2 Å². The standard InChI is InChI=1S/C10H12Cl/c1-8(2)7-9-5-3-4-6-10(9)11/h3-4,6,8H,7H2,1-2H3. The summed E-state index contributed by atoms with van der Waals surface area (Å²) in [7, 11) is 0. The molecule has 0 heterocycles. The molecule has 1 aromatic carbocycles. The molecule has 0 unspecified atom stereocenters. The van der Waals surface area contributed by atoms with Gasteiger partial charge < -0.3 is 0 Å². The molecular weight excluding hydrogens is 156 g/mol. The first-order valence-corrected chi connectivity index (χ1v) is 4.23. The SMILES string of the molecule is CC(C)Cc1[c]cccc1Cl. The molecular formula is C10H12Cl. The van der Waals surface area contributed by atoms with Gasteiger partial charge in [0.2, 0.25) is 0 Å². The Morgan fingerprint density at radius 3 is 2.82 bits per heavy atom. The summed E-state index contributed by atoms with van der Waals surface area (Å²) in [6.45, 7) is 4.36. The van der Waals surface area contributed by atoms with Gasteiger partial charge >= 0.3 is 0 Å². The van der Waals surface area contributed by atoms with Crippen molar-refractivity contribution >= 4 is 11.6 Å². The lowest BCUT2D eigenvalue weighted by molar-refractivity contribution is 0.647. The van der Waals surface area contributed by atoms with Crippen LogP contribution in [0.15, 0.2) is 18.2 Å². The highest BCUT2D eigenvalue weighted by atomic mass is 35.5. The molecule has 0 N–H and O–H groups in total. The Morgan fingerprint density at radius 1 is 1.55 bits per heavy atom. The summed E-state index contributed by atoms with van der Waals surface area (Å²) >= 11 is 5.94. The lowest BCUT2D eigenvalue weighted by atomic mass is 10.0. The van der Waals surface area contributed by atoms with Crippen molar-refractivity contribution in [2.75, 3.05) is 0 Å². The Morgan fingerprint density at radius 2 is 2.27 bits per heavy atom. The molecule has 0 bridgehead atoms. The predicted molar refractivity (Wildman–Crippen MR) is 48.8 cm³/mol. The van der Waals surface area contributed by atoms with Crippen LogP contribution in [0.3, 0.4) is 0 Å². The molecule has 1 rings (SSSR count). The van der Waals surface area contributed by atoms with Gasteiger partial charge in [-0.25, -0.2) is 0 Å². The monoisotopic (exact) mass is 167 g/mol. The third-order valence-electron chi connectivity index (χ3n) is 1.50. The van der Waals surface area contributed by atoms with Gasteiger partial charge in [-0.1, -0.05) is 37.6 Å². The zero-order chi connectivity index (χ0) is 8.27. The maximum Gasteiger partial charge on any atom is 0.0444 e. The number of rotatable bonds is 2. The molecule has 0 atom stereocenters. The molecule has 59 valence electrons. The van der Waals surface area contributed by atoms with E-state index in [9.17, 15) is 0 Å². The van der Waals surface area contributed by atoms with Crippen LogP contribution in [0.4, 0.5) is 0 Å². The van der Waals surface area contributed by atoms with Gasteiger partial charge in [0.15, 0.2) is 0 Å². The maximum absolute atomic E-state index is 5.94. The number of hydrogen-bond acceptors (Lipinski definition) is 0. The first-order chi connectivity index (χ1) is 5.20. The van der Waals surface area contributed by atoms with Gasteiger partial charge in [0.05, 0.1) is 0 Å². The van der Waals surface area contributed by atoms with Gasteiger partial charge in [0.25, 0.3) is 0 Å². The van der Waals surface area contributed by atoms with Crippen molar-refractivity contribution in [3.8, 4) is 0 Å². The van der Waals surface area contributed by atoms with Gasteiger partial charge in [0.1, 0.15) is 0 Å². The molecule has 11 heavy (non-hydrogen) atoms. The van der Waals surface area contributed by atoms with E-state index in [4.69, 9.17) is 11.6 Å². The molecule has 0 saturated carbocycles. The third-order valence-corrected chi connectivity index (χ3v) is 1.85. The molecule has 0 aliphatic rings. The van der Waals surface area contributed by atoms with Gasteiger partial charge in [-0.2, -0.15) is 0 Å². The second-order valence-corrected chi connectivity index (χ2v) is 3.50. The van der Waals surface area contributed by atoms with Crippen LogP contribution in [0.2, 0.25) is 5.02 Å². The lowest BCUT2D eigenvalue weighted by Gasteiger charge is -2.05. The predicted octanol–water partition coefficient (Wildman–Crippen LogP) is 3.34. The maximum atomic E-state index is 5.94. The fraction of sp³-hybridized carbons (Fsp3) is 0.400. The average molecular weight is 168 g/mol. The van der Waals surface area contributed by atoms with E-state index in [-0.39, 0.29) is 0 Å². The highest BCUT2D eigenvalue weighted by Crippen LogP contribution is 2.17. The molecule has 0 fully saturated rings. The largest absolute Gasteiger partial charge is 0.0840 e. The van der Waals surface area contributed by atoms with E-state index in [2.05, 4.69) is 19.9 Å². The fourth-order valence-electron chi connectivity index (χ4n) is 1.02. The molecule has 0 spiro atoms. The van der Waals surface area contributed by atoms with Crippen molar-refractivity contribution in [2.24, 2.45) is 5.92 Å². The van der Waals surface area contributed by atoms with E-state index in [1.54, 1.807) is 0 Å². The van der Waals surface area contributed by atoms with E-state index in [0.29, 0.717) is 5.92 Å². The third kappa shape index (κ3) is 2.55.